The standard InChI is InChI=1S/C38H43N7O6S/c1-6-27(33(41)37(48)51-38(2,3)4)34-42-20-30(45-34)26-14-13-24-17-23(11-12-25(24)18-26)21-7-9-22(10-8-21)29-19-43-35(44-29)28(32(40)36(46)47)15-16-31(39)52(5,49)50/h7-14,17-20,27-28,31,40-41H,6,15-16,39H2,1-5H3,(H,42,45)(H,43,44)(H,46,47). The molecule has 0 saturated carbocycles. The highest BCUT2D eigenvalue weighted by molar-refractivity contribution is 7.91. The smallest absolute Gasteiger partial charge is 0.353 e. The molecule has 0 saturated heterocycles. The number of nitrogens with two attached hydrogens (primary N) is 1. The molecule has 52 heavy (non-hydrogen) atoms. The number of benzene rings is 3. The number of hydrogen-bond donors (Lipinski definition) is 6. The fourth-order valence-corrected chi connectivity index (χ4v) is 6.44. The number of H-pyrrole nitrogens is 2. The van der Waals surface area contributed by atoms with Crippen LogP contribution in [0.15, 0.2) is 73.1 Å². The number of nitrogens with one attached hydrogen (secondary N) is 4. The number of sulfone groups is 1. The summed E-state index contributed by atoms with van der Waals surface area (Å²) in [6, 6.07) is 20.0. The molecule has 0 spiro atoms. The van der Waals surface area contributed by atoms with Crippen LogP contribution in [0.25, 0.3) is 44.4 Å². The number of rotatable bonds is 14. The summed E-state index contributed by atoms with van der Waals surface area (Å²) in [4.78, 5) is 39.5. The van der Waals surface area contributed by atoms with E-state index in [9.17, 15) is 23.1 Å². The SMILES string of the molecule is CCC(C(=N)C(=O)OC(C)(C)C)c1ncc(-c2ccc3cc(-c4ccc(-c5cnc(C(CCC(N)S(C)(=O)=O)C(=N)C(=O)O)[nH]5)cc4)ccc3c2)[nH]1. The highest BCUT2D eigenvalue weighted by Gasteiger charge is 2.29. The van der Waals surface area contributed by atoms with Crippen molar-refractivity contribution in [1.29, 1.82) is 10.8 Å². The van der Waals surface area contributed by atoms with E-state index in [1.807, 2.05) is 55.5 Å². The third-order valence-electron chi connectivity index (χ3n) is 8.78. The van der Waals surface area contributed by atoms with Crippen LogP contribution in [-0.2, 0) is 24.2 Å². The number of imidazole rings is 2. The Morgan fingerprint density at radius 2 is 1.31 bits per heavy atom. The number of fused-ring (bicyclic) bond motifs is 1. The Balaban J connectivity index is 1.31. The number of aliphatic carboxylic acids is 1. The third kappa shape index (κ3) is 8.69. The largest absolute Gasteiger partial charge is 0.477 e. The molecule has 0 aliphatic carbocycles. The second kappa shape index (κ2) is 15.0. The number of hydrogen-bond acceptors (Lipinski definition) is 10. The number of aromatic nitrogens is 4. The molecule has 3 atom stereocenters. The van der Waals surface area contributed by atoms with E-state index in [4.69, 9.17) is 21.3 Å². The molecule has 0 radical (unpaired) electrons. The van der Waals surface area contributed by atoms with E-state index in [0.29, 0.717) is 17.9 Å². The molecule has 0 fully saturated rings. The minimum absolute atomic E-state index is 0.0237. The second-order valence-electron chi connectivity index (χ2n) is 13.8. The van der Waals surface area contributed by atoms with Gasteiger partial charge in [0.2, 0.25) is 0 Å². The first-order valence-corrected chi connectivity index (χ1v) is 18.7. The van der Waals surface area contributed by atoms with Crippen molar-refractivity contribution >= 4 is 44.0 Å². The van der Waals surface area contributed by atoms with Gasteiger partial charge in [-0.2, -0.15) is 0 Å². The van der Waals surface area contributed by atoms with Gasteiger partial charge in [-0.25, -0.2) is 28.0 Å². The van der Waals surface area contributed by atoms with Gasteiger partial charge in [0.15, 0.2) is 9.84 Å². The lowest BCUT2D eigenvalue weighted by Crippen LogP contribution is -2.31. The lowest BCUT2D eigenvalue weighted by molar-refractivity contribution is -0.146. The maximum Gasteiger partial charge on any atom is 0.353 e. The lowest BCUT2D eigenvalue weighted by Gasteiger charge is -2.21. The normalized spacial score (nSPS) is 13.7. The predicted molar refractivity (Wildman–Crippen MR) is 201 cm³/mol. The van der Waals surface area contributed by atoms with Crippen LogP contribution in [0, 0.1) is 10.8 Å². The topological polar surface area (TPSA) is 229 Å². The summed E-state index contributed by atoms with van der Waals surface area (Å²) in [6.45, 7) is 7.21. The van der Waals surface area contributed by atoms with Crippen molar-refractivity contribution in [2.75, 3.05) is 6.26 Å². The number of carboxylic acids is 1. The van der Waals surface area contributed by atoms with Gasteiger partial charge in [-0.3, -0.25) is 10.8 Å². The first kappa shape index (κ1) is 37.8. The van der Waals surface area contributed by atoms with Crippen LogP contribution in [0.3, 0.4) is 0 Å². The van der Waals surface area contributed by atoms with E-state index in [2.05, 4.69) is 32.1 Å². The van der Waals surface area contributed by atoms with Gasteiger partial charge in [0, 0.05) is 11.8 Å². The molecular formula is C38H43N7O6S. The van der Waals surface area contributed by atoms with E-state index < -0.39 is 50.3 Å². The Labute approximate surface area is 302 Å². The lowest BCUT2D eigenvalue weighted by atomic mass is 9.96. The molecule has 14 heteroatoms. The summed E-state index contributed by atoms with van der Waals surface area (Å²) >= 11 is 0. The molecule has 2 heterocycles. The van der Waals surface area contributed by atoms with Gasteiger partial charge in [-0.05, 0) is 79.6 Å². The van der Waals surface area contributed by atoms with Gasteiger partial charge < -0.3 is 25.5 Å². The molecule has 0 aliphatic heterocycles. The molecule has 2 aromatic heterocycles. The van der Waals surface area contributed by atoms with Crippen molar-refractivity contribution in [3.05, 3.63) is 84.7 Å². The van der Waals surface area contributed by atoms with E-state index >= 15 is 0 Å². The van der Waals surface area contributed by atoms with Gasteiger partial charge in [-0.15, -0.1) is 0 Å². The van der Waals surface area contributed by atoms with E-state index in [-0.39, 0.29) is 24.4 Å². The summed E-state index contributed by atoms with van der Waals surface area (Å²) in [6.07, 6.45) is 4.81. The van der Waals surface area contributed by atoms with E-state index in [0.717, 1.165) is 45.0 Å². The van der Waals surface area contributed by atoms with Crippen LogP contribution >= 0.6 is 0 Å². The van der Waals surface area contributed by atoms with Crippen molar-refractivity contribution in [3.63, 3.8) is 0 Å². The number of ether oxygens (including phenoxy) is 1. The summed E-state index contributed by atoms with van der Waals surface area (Å²) in [5.74, 6) is -2.76. The van der Waals surface area contributed by atoms with Gasteiger partial charge in [0.05, 0.1) is 35.6 Å². The Bertz CT molecular complexity index is 2250. The van der Waals surface area contributed by atoms with Gasteiger partial charge in [0.25, 0.3) is 0 Å². The molecule has 0 bridgehead atoms. The average molecular weight is 726 g/mol. The predicted octanol–water partition coefficient (Wildman–Crippen LogP) is 6.44. The van der Waals surface area contributed by atoms with Crippen LogP contribution < -0.4 is 5.73 Å². The molecular weight excluding hydrogens is 683 g/mol. The first-order chi connectivity index (χ1) is 24.4. The second-order valence-corrected chi connectivity index (χ2v) is 16.1. The monoisotopic (exact) mass is 725 g/mol. The quantitative estimate of drug-likeness (QED) is 0.0546. The summed E-state index contributed by atoms with van der Waals surface area (Å²) in [7, 11) is -3.52. The first-order valence-electron chi connectivity index (χ1n) is 16.8. The van der Waals surface area contributed by atoms with Crippen LogP contribution in [0.1, 0.15) is 70.4 Å². The number of esters is 1. The molecule has 3 aromatic carbocycles. The molecule has 13 nitrogen and oxygen atoms in total. The van der Waals surface area contributed by atoms with Gasteiger partial charge in [0.1, 0.15) is 34.0 Å². The summed E-state index contributed by atoms with van der Waals surface area (Å²) < 4.78 is 29.0. The van der Waals surface area contributed by atoms with Crippen molar-refractivity contribution in [1.82, 2.24) is 19.9 Å². The Hall–Kier alpha value is -5.47. The molecule has 3 unspecified atom stereocenters. The number of aromatic amines is 2. The fraction of sp³-hybridized carbons (Fsp3) is 0.316. The zero-order valence-corrected chi connectivity index (χ0v) is 30.5. The van der Waals surface area contributed by atoms with Crippen molar-refractivity contribution in [2.45, 2.75) is 69.8 Å². The molecule has 5 aromatic rings. The maximum absolute atomic E-state index is 12.6. The number of carboxylic acid groups (broad SMARTS) is 1. The Morgan fingerprint density at radius 1 is 0.808 bits per heavy atom. The van der Waals surface area contributed by atoms with Crippen LogP contribution in [0.5, 0.6) is 0 Å². The zero-order chi connectivity index (χ0) is 38.0. The van der Waals surface area contributed by atoms with Gasteiger partial charge in [-0.1, -0.05) is 55.5 Å². The highest BCUT2D eigenvalue weighted by Crippen LogP contribution is 2.31. The maximum atomic E-state index is 12.6. The van der Waals surface area contributed by atoms with Crippen molar-refractivity contribution in [3.8, 4) is 33.6 Å². The number of nitrogens with zero attached hydrogens (tertiary/aromatic N) is 2. The molecule has 7 N–H and O–H groups in total. The van der Waals surface area contributed by atoms with Crippen molar-refractivity contribution < 1.29 is 27.9 Å². The fourth-order valence-electron chi connectivity index (χ4n) is 5.88. The van der Waals surface area contributed by atoms with Gasteiger partial charge >= 0.3 is 11.9 Å². The Kier molecular flexibility index (Phi) is 10.9. The number of carbonyl (C=O) groups excluding carboxylic acids is 1. The Morgan fingerprint density at radius 3 is 1.85 bits per heavy atom. The summed E-state index contributed by atoms with van der Waals surface area (Å²) in [5, 5.41) is 26.9. The van der Waals surface area contributed by atoms with Crippen LogP contribution in [0.2, 0.25) is 0 Å². The minimum atomic E-state index is -3.52. The zero-order valence-electron chi connectivity index (χ0n) is 29.7. The van der Waals surface area contributed by atoms with Crippen LogP contribution in [-0.4, -0.2) is 74.1 Å². The third-order valence-corrected chi connectivity index (χ3v) is 10.1. The van der Waals surface area contributed by atoms with Crippen molar-refractivity contribution in [2.24, 2.45) is 5.73 Å². The summed E-state index contributed by atoms with van der Waals surface area (Å²) in [5.41, 5.74) is 9.42. The van der Waals surface area contributed by atoms with E-state index in [1.165, 1.54) is 0 Å². The minimum Gasteiger partial charge on any atom is -0.477 e. The number of carbonyl (C=O) groups is 2. The highest BCUT2D eigenvalue weighted by atomic mass is 32.2. The van der Waals surface area contributed by atoms with E-state index in [1.54, 1.807) is 33.2 Å². The van der Waals surface area contributed by atoms with Crippen LogP contribution in [0.4, 0.5) is 0 Å². The molecule has 0 amide bonds. The molecule has 0 aliphatic rings. The molecule has 5 rings (SSSR count). The molecule has 272 valence electrons. The average Bonchev–Trinajstić information content (AvgIpc) is 3.78.